The van der Waals surface area contributed by atoms with Gasteiger partial charge in [-0.25, -0.2) is 9.18 Å². The zero-order valence-corrected chi connectivity index (χ0v) is 14.2. The van der Waals surface area contributed by atoms with Crippen LogP contribution in [-0.4, -0.2) is 24.5 Å². The van der Waals surface area contributed by atoms with Crippen LogP contribution < -0.4 is 15.5 Å². The average Bonchev–Trinajstić information content (AvgIpc) is 2.91. The van der Waals surface area contributed by atoms with Crippen molar-refractivity contribution >= 4 is 23.3 Å². The van der Waals surface area contributed by atoms with Gasteiger partial charge in [0.1, 0.15) is 5.82 Å². The molecule has 1 atom stereocenters. The van der Waals surface area contributed by atoms with Gasteiger partial charge in [-0.05, 0) is 55.3 Å². The molecule has 1 aliphatic heterocycles. The summed E-state index contributed by atoms with van der Waals surface area (Å²) in [5.74, 6) is -0.531. The predicted molar refractivity (Wildman–Crippen MR) is 95.2 cm³/mol. The minimum atomic E-state index is -0.394. The predicted octanol–water partition coefficient (Wildman–Crippen LogP) is 3.37. The van der Waals surface area contributed by atoms with Crippen molar-refractivity contribution < 1.29 is 14.0 Å². The van der Waals surface area contributed by atoms with Crippen molar-refractivity contribution in [3.8, 4) is 0 Å². The number of carbonyl (C=O) groups is 2. The summed E-state index contributed by atoms with van der Waals surface area (Å²) in [4.78, 5) is 25.8. The molecule has 1 saturated heterocycles. The third-order valence-corrected chi connectivity index (χ3v) is 4.34. The molecule has 1 heterocycles. The van der Waals surface area contributed by atoms with E-state index in [0.29, 0.717) is 17.9 Å². The van der Waals surface area contributed by atoms with E-state index in [9.17, 15) is 14.0 Å². The fourth-order valence-electron chi connectivity index (χ4n) is 2.87. The molecular weight excluding hydrogens is 321 g/mol. The van der Waals surface area contributed by atoms with Crippen LogP contribution in [0.4, 0.5) is 20.6 Å². The first-order chi connectivity index (χ1) is 11.9. The van der Waals surface area contributed by atoms with Gasteiger partial charge in [0.25, 0.3) is 0 Å². The Morgan fingerprint density at radius 1 is 1.16 bits per heavy atom. The van der Waals surface area contributed by atoms with E-state index < -0.39 is 5.82 Å². The van der Waals surface area contributed by atoms with Crippen molar-refractivity contribution in [1.29, 1.82) is 0 Å². The molecule has 0 spiro atoms. The van der Waals surface area contributed by atoms with E-state index in [1.807, 2.05) is 32.0 Å². The van der Waals surface area contributed by atoms with Crippen LogP contribution >= 0.6 is 0 Å². The number of urea groups is 1. The molecule has 1 aliphatic rings. The third-order valence-electron chi connectivity index (χ3n) is 4.34. The Labute approximate surface area is 145 Å². The molecule has 6 heteroatoms. The number of rotatable bonds is 3. The van der Waals surface area contributed by atoms with E-state index >= 15 is 0 Å². The molecule has 0 aliphatic carbocycles. The van der Waals surface area contributed by atoms with E-state index in [-0.39, 0.29) is 24.4 Å². The normalized spacial score (nSPS) is 16.8. The number of amides is 3. The topological polar surface area (TPSA) is 61.4 Å². The molecule has 1 fully saturated rings. The van der Waals surface area contributed by atoms with Crippen LogP contribution in [0.2, 0.25) is 0 Å². The molecular formula is C19H20FN3O2. The quantitative estimate of drug-likeness (QED) is 0.899. The molecule has 130 valence electrons. The van der Waals surface area contributed by atoms with Gasteiger partial charge in [0.15, 0.2) is 0 Å². The summed E-state index contributed by atoms with van der Waals surface area (Å²) < 4.78 is 13.3. The second kappa shape index (κ2) is 6.93. The monoisotopic (exact) mass is 341 g/mol. The number of carbonyl (C=O) groups excluding carboxylic acids is 2. The first-order valence-electron chi connectivity index (χ1n) is 8.13. The molecule has 5 nitrogen and oxygen atoms in total. The SMILES string of the molecule is Cc1ccc(NC(=O)NC2CC(=O)N(c3cccc(F)c3)C2)cc1C. The summed E-state index contributed by atoms with van der Waals surface area (Å²) >= 11 is 0. The Balaban J connectivity index is 1.61. The number of hydrogen-bond donors (Lipinski definition) is 2. The van der Waals surface area contributed by atoms with Crippen molar-refractivity contribution in [2.45, 2.75) is 26.3 Å². The summed E-state index contributed by atoms with van der Waals surface area (Å²) in [5, 5.41) is 5.58. The highest BCUT2D eigenvalue weighted by atomic mass is 19.1. The number of nitrogens with one attached hydrogen (secondary N) is 2. The van der Waals surface area contributed by atoms with Gasteiger partial charge < -0.3 is 15.5 Å². The van der Waals surface area contributed by atoms with E-state index in [1.54, 1.807) is 12.1 Å². The van der Waals surface area contributed by atoms with Crippen LogP contribution in [0.25, 0.3) is 0 Å². The molecule has 0 bridgehead atoms. The van der Waals surface area contributed by atoms with Crippen LogP contribution in [0.15, 0.2) is 42.5 Å². The Hall–Kier alpha value is -2.89. The minimum absolute atomic E-state index is 0.137. The average molecular weight is 341 g/mol. The molecule has 2 aromatic rings. The lowest BCUT2D eigenvalue weighted by atomic mass is 10.1. The highest BCUT2D eigenvalue weighted by molar-refractivity contribution is 5.97. The number of halogens is 1. The number of nitrogens with zero attached hydrogens (tertiary/aromatic N) is 1. The maximum absolute atomic E-state index is 13.3. The van der Waals surface area contributed by atoms with Gasteiger partial charge in [-0.2, -0.15) is 0 Å². The lowest BCUT2D eigenvalue weighted by Gasteiger charge is -2.17. The molecule has 0 saturated carbocycles. The van der Waals surface area contributed by atoms with E-state index in [2.05, 4.69) is 10.6 Å². The minimum Gasteiger partial charge on any atom is -0.333 e. The fourth-order valence-corrected chi connectivity index (χ4v) is 2.87. The summed E-state index contributed by atoms with van der Waals surface area (Å²) in [6.45, 7) is 4.30. The number of hydrogen-bond acceptors (Lipinski definition) is 2. The maximum atomic E-state index is 13.3. The molecule has 3 rings (SSSR count). The molecule has 2 aromatic carbocycles. The lowest BCUT2D eigenvalue weighted by Crippen LogP contribution is -2.39. The summed E-state index contributed by atoms with van der Waals surface area (Å²) in [6.07, 6.45) is 0.191. The van der Waals surface area contributed by atoms with Crippen LogP contribution in [0.5, 0.6) is 0 Å². The Bertz CT molecular complexity index is 822. The summed E-state index contributed by atoms with van der Waals surface area (Å²) in [6, 6.07) is 10.9. The first-order valence-corrected chi connectivity index (χ1v) is 8.13. The standard InChI is InChI=1S/C19H20FN3O2/c1-12-6-7-15(8-13(12)2)21-19(25)22-16-10-18(24)23(11-16)17-5-3-4-14(20)9-17/h3-9,16H,10-11H2,1-2H3,(H2,21,22,25). The second-order valence-electron chi connectivity index (χ2n) is 6.28. The second-order valence-corrected chi connectivity index (χ2v) is 6.28. The zero-order valence-electron chi connectivity index (χ0n) is 14.2. The van der Waals surface area contributed by atoms with Gasteiger partial charge in [0.2, 0.25) is 5.91 Å². The van der Waals surface area contributed by atoms with Crippen LogP contribution in [0, 0.1) is 19.7 Å². The smallest absolute Gasteiger partial charge is 0.319 e. The molecule has 3 amide bonds. The fraction of sp³-hybridized carbons (Fsp3) is 0.263. The molecule has 0 aromatic heterocycles. The van der Waals surface area contributed by atoms with Crippen molar-refractivity contribution in [3.05, 3.63) is 59.4 Å². The maximum Gasteiger partial charge on any atom is 0.319 e. The molecule has 25 heavy (non-hydrogen) atoms. The summed E-state index contributed by atoms with van der Waals surface area (Å²) in [7, 11) is 0. The van der Waals surface area contributed by atoms with Crippen LogP contribution in [0.1, 0.15) is 17.5 Å². The van der Waals surface area contributed by atoms with Gasteiger partial charge >= 0.3 is 6.03 Å². The van der Waals surface area contributed by atoms with E-state index in [4.69, 9.17) is 0 Å². The van der Waals surface area contributed by atoms with Crippen molar-refractivity contribution in [2.24, 2.45) is 0 Å². The molecule has 1 unspecified atom stereocenters. The zero-order chi connectivity index (χ0) is 18.0. The van der Waals surface area contributed by atoms with Crippen molar-refractivity contribution in [2.75, 3.05) is 16.8 Å². The highest BCUT2D eigenvalue weighted by Crippen LogP contribution is 2.22. The van der Waals surface area contributed by atoms with Gasteiger partial charge in [0.05, 0.1) is 6.04 Å². The van der Waals surface area contributed by atoms with Gasteiger partial charge in [-0.3, -0.25) is 4.79 Å². The molecule has 0 radical (unpaired) electrons. The number of anilines is 2. The van der Waals surface area contributed by atoms with Crippen molar-refractivity contribution in [1.82, 2.24) is 5.32 Å². The Morgan fingerprint density at radius 3 is 2.68 bits per heavy atom. The lowest BCUT2D eigenvalue weighted by molar-refractivity contribution is -0.117. The van der Waals surface area contributed by atoms with Crippen molar-refractivity contribution in [3.63, 3.8) is 0 Å². The summed E-state index contributed by atoms with van der Waals surface area (Å²) in [5.41, 5.74) is 3.44. The highest BCUT2D eigenvalue weighted by Gasteiger charge is 2.31. The largest absolute Gasteiger partial charge is 0.333 e. The van der Waals surface area contributed by atoms with Gasteiger partial charge in [-0.15, -0.1) is 0 Å². The number of benzene rings is 2. The molecule has 2 N–H and O–H groups in total. The van der Waals surface area contributed by atoms with Gasteiger partial charge in [-0.1, -0.05) is 12.1 Å². The third kappa shape index (κ3) is 3.96. The number of aryl methyl sites for hydroxylation is 2. The van der Waals surface area contributed by atoms with E-state index in [1.165, 1.54) is 17.0 Å². The van der Waals surface area contributed by atoms with Crippen LogP contribution in [-0.2, 0) is 4.79 Å². The Morgan fingerprint density at radius 2 is 1.96 bits per heavy atom. The first kappa shape index (κ1) is 17.0. The van der Waals surface area contributed by atoms with Gasteiger partial charge in [0, 0.05) is 24.3 Å². The Kier molecular flexibility index (Phi) is 4.70. The van der Waals surface area contributed by atoms with E-state index in [0.717, 1.165) is 11.1 Å². The van der Waals surface area contributed by atoms with Crippen LogP contribution in [0.3, 0.4) is 0 Å².